The molecule has 0 unspecified atom stereocenters. The van der Waals surface area contributed by atoms with Crippen LogP contribution in [0.3, 0.4) is 0 Å². The molecular formula is C18H23N3O3. The van der Waals surface area contributed by atoms with Crippen LogP contribution in [-0.2, 0) is 20.7 Å². The molecule has 1 amide bonds. The average molecular weight is 329 g/mol. The number of methoxy groups -OCH3 is 1. The molecule has 24 heavy (non-hydrogen) atoms. The summed E-state index contributed by atoms with van der Waals surface area (Å²) < 4.78 is 4.96. The molecule has 1 aliphatic rings. The van der Waals surface area contributed by atoms with Gasteiger partial charge >= 0.3 is 5.97 Å². The summed E-state index contributed by atoms with van der Waals surface area (Å²) in [4.78, 5) is 24.9. The van der Waals surface area contributed by atoms with Gasteiger partial charge in [-0.1, -0.05) is 25.1 Å². The van der Waals surface area contributed by atoms with Crippen LogP contribution in [0.15, 0.2) is 24.3 Å². The highest BCUT2D eigenvalue weighted by molar-refractivity contribution is 5.91. The maximum Gasteiger partial charge on any atom is 0.331 e. The van der Waals surface area contributed by atoms with Crippen molar-refractivity contribution in [3.63, 3.8) is 0 Å². The number of para-hydroxylation sites is 1. The fourth-order valence-corrected chi connectivity index (χ4v) is 3.45. The van der Waals surface area contributed by atoms with Crippen molar-refractivity contribution in [3.8, 4) is 0 Å². The average Bonchev–Trinajstić information content (AvgIpc) is 2.99. The molecule has 0 spiro atoms. The summed E-state index contributed by atoms with van der Waals surface area (Å²) in [6.07, 6.45) is 3.21. The van der Waals surface area contributed by atoms with Gasteiger partial charge in [-0.3, -0.25) is 9.89 Å². The lowest BCUT2D eigenvalue weighted by Crippen LogP contribution is -2.57. The van der Waals surface area contributed by atoms with E-state index in [1.165, 1.54) is 7.11 Å². The molecular weight excluding hydrogens is 306 g/mol. The Morgan fingerprint density at radius 1 is 1.33 bits per heavy atom. The predicted octanol–water partition coefficient (Wildman–Crippen LogP) is 2.34. The zero-order valence-corrected chi connectivity index (χ0v) is 14.1. The number of ether oxygens (including phenoxy) is 1. The molecule has 1 aromatic heterocycles. The molecule has 0 radical (unpaired) electrons. The van der Waals surface area contributed by atoms with Gasteiger partial charge in [-0.05, 0) is 37.7 Å². The van der Waals surface area contributed by atoms with Gasteiger partial charge < -0.3 is 10.1 Å². The summed E-state index contributed by atoms with van der Waals surface area (Å²) in [7, 11) is 1.37. The predicted molar refractivity (Wildman–Crippen MR) is 90.3 cm³/mol. The summed E-state index contributed by atoms with van der Waals surface area (Å²) in [5.41, 5.74) is 0.690. The lowest BCUT2D eigenvalue weighted by atomic mass is 9.77. The second kappa shape index (κ2) is 6.63. The number of carbonyl (C=O) groups is 2. The first kappa shape index (κ1) is 16.5. The van der Waals surface area contributed by atoms with E-state index < -0.39 is 5.54 Å². The Bertz CT molecular complexity index is 745. The molecule has 0 atom stereocenters. The highest BCUT2D eigenvalue weighted by Crippen LogP contribution is 2.33. The molecule has 6 nitrogen and oxygen atoms in total. The van der Waals surface area contributed by atoms with Crippen molar-refractivity contribution in [3.05, 3.63) is 30.0 Å². The number of amides is 1. The minimum absolute atomic E-state index is 0.162. The van der Waals surface area contributed by atoms with E-state index in [4.69, 9.17) is 4.74 Å². The van der Waals surface area contributed by atoms with Crippen LogP contribution in [-0.4, -0.2) is 34.7 Å². The van der Waals surface area contributed by atoms with E-state index in [2.05, 4.69) is 22.4 Å². The number of H-pyrrole nitrogens is 1. The normalized spacial score (nSPS) is 23.8. The number of hydrogen-bond donors (Lipinski definition) is 2. The minimum Gasteiger partial charge on any atom is -0.467 e. The standard InChI is InChI=1S/C18H23N3O3/c1-12-7-9-18(10-8-12,17(23)24-2)19-16(22)11-15-13-5-3-4-6-14(13)20-21-15/h3-6,12H,7-11H2,1-2H3,(H,19,22)(H,20,21). The fraction of sp³-hybridized carbons (Fsp3) is 0.500. The van der Waals surface area contributed by atoms with Crippen LogP contribution in [0.1, 0.15) is 38.3 Å². The fourth-order valence-electron chi connectivity index (χ4n) is 3.45. The lowest BCUT2D eigenvalue weighted by molar-refractivity contribution is -0.153. The smallest absolute Gasteiger partial charge is 0.331 e. The van der Waals surface area contributed by atoms with Gasteiger partial charge in [0.05, 0.1) is 24.7 Å². The molecule has 1 saturated carbocycles. The topological polar surface area (TPSA) is 84.1 Å². The molecule has 1 aromatic carbocycles. The molecule has 3 rings (SSSR count). The van der Waals surface area contributed by atoms with Crippen molar-refractivity contribution in [2.75, 3.05) is 7.11 Å². The van der Waals surface area contributed by atoms with Gasteiger partial charge in [0.2, 0.25) is 5.91 Å². The lowest BCUT2D eigenvalue weighted by Gasteiger charge is -2.37. The summed E-state index contributed by atoms with van der Waals surface area (Å²) in [5, 5.41) is 11.0. The number of fused-ring (bicyclic) bond motifs is 1. The number of esters is 1. The molecule has 1 heterocycles. The Balaban J connectivity index is 1.75. The van der Waals surface area contributed by atoms with Crippen LogP contribution in [0.5, 0.6) is 0 Å². The SMILES string of the molecule is COC(=O)C1(NC(=O)Cc2[nH]nc3ccccc23)CCC(C)CC1. The van der Waals surface area contributed by atoms with E-state index in [0.29, 0.717) is 18.8 Å². The third kappa shape index (κ3) is 3.13. The second-order valence-electron chi connectivity index (χ2n) is 6.70. The summed E-state index contributed by atoms with van der Waals surface area (Å²) in [6.45, 7) is 2.17. The van der Waals surface area contributed by atoms with Crippen molar-refractivity contribution in [1.82, 2.24) is 15.5 Å². The summed E-state index contributed by atoms with van der Waals surface area (Å²) in [5.74, 6) is 0.0257. The van der Waals surface area contributed by atoms with Gasteiger partial charge in [-0.25, -0.2) is 4.79 Å². The minimum atomic E-state index is -0.895. The number of carbonyl (C=O) groups excluding carboxylic acids is 2. The van der Waals surface area contributed by atoms with E-state index in [9.17, 15) is 9.59 Å². The number of benzene rings is 1. The molecule has 6 heteroatoms. The van der Waals surface area contributed by atoms with Crippen LogP contribution in [0, 0.1) is 5.92 Å². The highest BCUT2D eigenvalue weighted by Gasteiger charge is 2.43. The zero-order valence-electron chi connectivity index (χ0n) is 14.1. The van der Waals surface area contributed by atoms with Crippen molar-refractivity contribution < 1.29 is 14.3 Å². The van der Waals surface area contributed by atoms with Crippen molar-refractivity contribution in [2.45, 2.75) is 44.6 Å². The van der Waals surface area contributed by atoms with Crippen molar-refractivity contribution in [2.24, 2.45) is 5.92 Å². The molecule has 1 aliphatic carbocycles. The summed E-state index contributed by atoms with van der Waals surface area (Å²) in [6, 6.07) is 7.64. The van der Waals surface area contributed by atoms with Gasteiger partial charge in [-0.2, -0.15) is 5.10 Å². The number of hydrogen-bond acceptors (Lipinski definition) is 4. The number of rotatable bonds is 4. The third-order valence-electron chi connectivity index (χ3n) is 4.96. The van der Waals surface area contributed by atoms with Crippen LogP contribution < -0.4 is 5.32 Å². The largest absolute Gasteiger partial charge is 0.467 e. The molecule has 0 bridgehead atoms. The van der Waals surface area contributed by atoms with E-state index in [1.807, 2.05) is 24.3 Å². The Morgan fingerprint density at radius 3 is 2.75 bits per heavy atom. The number of nitrogens with one attached hydrogen (secondary N) is 2. The van der Waals surface area contributed by atoms with E-state index in [1.54, 1.807) is 0 Å². The second-order valence-corrected chi connectivity index (χ2v) is 6.70. The van der Waals surface area contributed by atoms with E-state index in [0.717, 1.165) is 29.4 Å². The Morgan fingerprint density at radius 2 is 2.04 bits per heavy atom. The van der Waals surface area contributed by atoms with Gasteiger partial charge in [0.15, 0.2) is 0 Å². The molecule has 2 aromatic rings. The first-order valence-electron chi connectivity index (χ1n) is 8.35. The van der Waals surface area contributed by atoms with Crippen molar-refractivity contribution >= 4 is 22.8 Å². The molecule has 0 saturated heterocycles. The molecule has 2 N–H and O–H groups in total. The molecule has 1 fully saturated rings. The van der Waals surface area contributed by atoms with Gasteiger partial charge in [0.25, 0.3) is 0 Å². The van der Waals surface area contributed by atoms with Crippen LogP contribution in [0.25, 0.3) is 10.9 Å². The number of aromatic amines is 1. The zero-order chi connectivity index (χ0) is 17.2. The molecule has 0 aliphatic heterocycles. The summed E-state index contributed by atoms with van der Waals surface area (Å²) >= 11 is 0. The Hall–Kier alpha value is -2.37. The van der Waals surface area contributed by atoms with E-state index in [-0.39, 0.29) is 18.3 Å². The number of aromatic nitrogens is 2. The van der Waals surface area contributed by atoms with Gasteiger partial charge in [-0.15, -0.1) is 0 Å². The van der Waals surface area contributed by atoms with E-state index >= 15 is 0 Å². The van der Waals surface area contributed by atoms with Gasteiger partial charge in [0.1, 0.15) is 5.54 Å². The van der Waals surface area contributed by atoms with Crippen LogP contribution in [0.4, 0.5) is 0 Å². The monoisotopic (exact) mass is 329 g/mol. The van der Waals surface area contributed by atoms with Crippen molar-refractivity contribution in [1.29, 1.82) is 0 Å². The maximum absolute atomic E-state index is 12.6. The van der Waals surface area contributed by atoms with Crippen LogP contribution in [0.2, 0.25) is 0 Å². The maximum atomic E-state index is 12.6. The highest BCUT2D eigenvalue weighted by atomic mass is 16.5. The Kier molecular flexibility index (Phi) is 4.55. The van der Waals surface area contributed by atoms with Crippen LogP contribution >= 0.6 is 0 Å². The Labute approximate surface area is 141 Å². The first-order valence-corrected chi connectivity index (χ1v) is 8.35. The first-order chi connectivity index (χ1) is 11.5. The third-order valence-corrected chi connectivity index (χ3v) is 4.96. The molecule has 128 valence electrons. The quantitative estimate of drug-likeness (QED) is 0.843. The number of nitrogens with zero attached hydrogens (tertiary/aromatic N) is 1. The van der Waals surface area contributed by atoms with Gasteiger partial charge in [0, 0.05) is 5.39 Å².